The van der Waals surface area contributed by atoms with Gasteiger partial charge in [-0.1, -0.05) is 0 Å². The van der Waals surface area contributed by atoms with Crippen LogP contribution in [0.1, 0.15) is 5.69 Å². The van der Waals surface area contributed by atoms with E-state index < -0.39 is 0 Å². The summed E-state index contributed by atoms with van der Waals surface area (Å²) in [5.74, 6) is 2.79. The van der Waals surface area contributed by atoms with Crippen LogP contribution in [-0.2, 0) is 17.8 Å². The molecule has 31 heavy (non-hydrogen) atoms. The van der Waals surface area contributed by atoms with Gasteiger partial charge in [-0.2, -0.15) is 5.10 Å². The van der Waals surface area contributed by atoms with E-state index >= 15 is 0 Å². The lowest BCUT2D eigenvalue weighted by molar-refractivity contribution is 0.153. The largest absolute Gasteiger partial charge is 0.381 e. The van der Waals surface area contributed by atoms with Crippen molar-refractivity contribution in [3.63, 3.8) is 0 Å². The zero-order valence-corrected chi connectivity index (χ0v) is 17.6. The summed E-state index contributed by atoms with van der Waals surface area (Å²) in [5.41, 5.74) is 5.22. The molecule has 2 atom stereocenters. The van der Waals surface area contributed by atoms with E-state index in [1.807, 2.05) is 24.4 Å². The van der Waals surface area contributed by atoms with Gasteiger partial charge in [-0.05, 0) is 66.8 Å². The fraction of sp³-hybridized carbons (Fsp3) is 0.417. The second-order valence-electron chi connectivity index (χ2n) is 8.98. The second-order valence-corrected chi connectivity index (χ2v) is 8.98. The second kappa shape index (κ2) is 7.43. The Labute approximate surface area is 181 Å². The van der Waals surface area contributed by atoms with Gasteiger partial charge < -0.3 is 10.1 Å². The van der Waals surface area contributed by atoms with Crippen molar-refractivity contribution >= 4 is 5.82 Å². The first kappa shape index (κ1) is 19.0. The molecule has 2 aliphatic heterocycles. The van der Waals surface area contributed by atoms with E-state index in [0.717, 1.165) is 79.4 Å². The summed E-state index contributed by atoms with van der Waals surface area (Å²) < 4.78 is 21.1. The Hall–Kier alpha value is -2.77. The zero-order chi connectivity index (χ0) is 20.9. The van der Waals surface area contributed by atoms with Gasteiger partial charge in [-0.15, -0.1) is 0 Å². The number of hydrogen-bond donors (Lipinski definition) is 1. The van der Waals surface area contributed by atoms with Gasteiger partial charge in [0.2, 0.25) is 0 Å². The summed E-state index contributed by atoms with van der Waals surface area (Å²) in [6.45, 7) is 5.40. The number of pyridine rings is 1. The molecule has 3 aromatic rings. The molecule has 0 spiro atoms. The molecule has 2 aromatic heterocycles. The molecule has 6 nitrogen and oxygen atoms in total. The van der Waals surface area contributed by atoms with E-state index in [4.69, 9.17) is 9.84 Å². The highest BCUT2D eigenvalue weighted by Crippen LogP contribution is 2.50. The van der Waals surface area contributed by atoms with Crippen LogP contribution in [0.2, 0.25) is 0 Å². The van der Waals surface area contributed by atoms with Crippen LogP contribution in [0.4, 0.5) is 10.2 Å². The third kappa shape index (κ3) is 3.42. The molecule has 0 radical (unpaired) electrons. The average Bonchev–Trinajstić information content (AvgIpc) is 3.10. The summed E-state index contributed by atoms with van der Waals surface area (Å²) in [7, 11) is 2.13. The Morgan fingerprint density at radius 1 is 1.10 bits per heavy atom. The maximum atomic E-state index is 13.5. The highest BCUT2D eigenvalue weighted by atomic mass is 19.1. The van der Waals surface area contributed by atoms with Crippen LogP contribution in [0.15, 0.2) is 42.6 Å². The van der Waals surface area contributed by atoms with E-state index in [-0.39, 0.29) is 5.82 Å². The Morgan fingerprint density at radius 3 is 2.71 bits per heavy atom. The molecule has 1 saturated heterocycles. The Bertz CT molecular complexity index is 1100. The molecule has 2 fully saturated rings. The molecule has 0 amide bonds. The Kier molecular flexibility index (Phi) is 4.54. The lowest BCUT2D eigenvalue weighted by Crippen LogP contribution is -2.30. The number of nitrogens with one attached hydrogen (secondary N) is 1. The van der Waals surface area contributed by atoms with Gasteiger partial charge in [0.1, 0.15) is 17.3 Å². The molecule has 1 saturated carbocycles. The molecule has 1 N–H and O–H groups in total. The van der Waals surface area contributed by atoms with Gasteiger partial charge in [0.15, 0.2) is 0 Å². The number of anilines is 1. The number of rotatable bonds is 5. The minimum atomic E-state index is -0.236. The smallest absolute Gasteiger partial charge is 0.126 e. The quantitative estimate of drug-likeness (QED) is 0.686. The van der Waals surface area contributed by atoms with Crippen LogP contribution < -0.4 is 5.32 Å². The number of fused-ring (bicyclic) bond motifs is 2. The SMILES string of the molecule is CN1CCn2nc(-c3ccc(F)cc3)c(-c3ccnc(NCC4C5COCC45)c3)c2C1. The molecule has 0 bridgehead atoms. The van der Waals surface area contributed by atoms with Crippen LogP contribution in [-0.4, -0.2) is 53.0 Å². The van der Waals surface area contributed by atoms with E-state index in [9.17, 15) is 4.39 Å². The number of benzene rings is 1. The van der Waals surface area contributed by atoms with Crippen LogP contribution in [0, 0.1) is 23.6 Å². The summed E-state index contributed by atoms with van der Waals surface area (Å²) in [4.78, 5) is 6.86. The van der Waals surface area contributed by atoms with Gasteiger partial charge in [0.25, 0.3) is 0 Å². The van der Waals surface area contributed by atoms with Gasteiger partial charge in [0, 0.05) is 37.0 Å². The fourth-order valence-corrected chi connectivity index (χ4v) is 5.12. The lowest BCUT2D eigenvalue weighted by atomic mass is 9.98. The van der Waals surface area contributed by atoms with Crippen LogP contribution in [0.3, 0.4) is 0 Å². The first-order valence-electron chi connectivity index (χ1n) is 11.0. The van der Waals surface area contributed by atoms with E-state index in [1.165, 1.54) is 17.8 Å². The molecule has 1 aromatic carbocycles. The monoisotopic (exact) mass is 419 g/mol. The minimum absolute atomic E-state index is 0.236. The molecule has 4 heterocycles. The number of aromatic nitrogens is 3. The van der Waals surface area contributed by atoms with Crippen molar-refractivity contribution in [3.8, 4) is 22.4 Å². The summed E-state index contributed by atoms with van der Waals surface area (Å²) in [6.07, 6.45) is 1.86. The molecule has 2 unspecified atom stereocenters. The first-order chi connectivity index (χ1) is 15.2. The van der Waals surface area contributed by atoms with Crippen molar-refractivity contribution in [2.24, 2.45) is 17.8 Å². The van der Waals surface area contributed by atoms with Crippen LogP contribution in [0.25, 0.3) is 22.4 Å². The standard InChI is InChI=1S/C24H26FN5O/c1-29-8-9-30-21(12-29)23(24(28-30)15-2-4-17(25)5-3-15)16-6-7-26-22(10-16)27-11-18-19-13-31-14-20(18)19/h2-7,10,18-20H,8-9,11-14H2,1H3,(H,26,27). The number of hydrogen-bond acceptors (Lipinski definition) is 5. The zero-order valence-electron chi connectivity index (χ0n) is 17.6. The van der Waals surface area contributed by atoms with Crippen molar-refractivity contribution in [3.05, 3.63) is 54.1 Å². The van der Waals surface area contributed by atoms with Crippen molar-refractivity contribution in [2.45, 2.75) is 13.1 Å². The van der Waals surface area contributed by atoms with Crippen LogP contribution >= 0.6 is 0 Å². The highest BCUT2D eigenvalue weighted by molar-refractivity contribution is 5.83. The predicted octanol–water partition coefficient (Wildman–Crippen LogP) is 3.50. The normalized spacial score (nSPS) is 24.6. The summed E-state index contributed by atoms with van der Waals surface area (Å²) in [6, 6.07) is 10.8. The van der Waals surface area contributed by atoms with Crippen molar-refractivity contribution in [2.75, 3.05) is 38.7 Å². The fourth-order valence-electron chi connectivity index (χ4n) is 5.12. The molecular formula is C24H26FN5O. The third-order valence-corrected chi connectivity index (χ3v) is 6.99. The maximum Gasteiger partial charge on any atom is 0.126 e. The lowest BCUT2D eigenvalue weighted by Gasteiger charge is -2.24. The third-order valence-electron chi connectivity index (χ3n) is 6.99. The first-order valence-corrected chi connectivity index (χ1v) is 11.0. The number of nitrogens with zero attached hydrogens (tertiary/aromatic N) is 4. The number of ether oxygens (including phenoxy) is 1. The predicted molar refractivity (Wildman–Crippen MR) is 117 cm³/mol. The summed E-state index contributed by atoms with van der Waals surface area (Å²) in [5, 5.41) is 8.47. The Balaban J connectivity index is 1.35. The molecule has 3 aliphatic rings. The Morgan fingerprint density at radius 2 is 1.90 bits per heavy atom. The number of halogens is 1. The van der Waals surface area contributed by atoms with Crippen molar-refractivity contribution in [1.29, 1.82) is 0 Å². The van der Waals surface area contributed by atoms with Gasteiger partial charge >= 0.3 is 0 Å². The molecule has 7 heteroatoms. The van der Waals surface area contributed by atoms with Crippen molar-refractivity contribution in [1.82, 2.24) is 19.7 Å². The number of likely N-dealkylation sites (N-methyl/N-ethyl adjacent to an activating group) is 1. The van der Waals surface area contributed by atoms with E-state index in [2.05, 4.69) is 33.0 Å². The summed E-state index contributed by atoms with van der Waals surface area (Å²) >= 11 is 0. The maximum absolute atomic E-state index is 13.5. The topological polar surface area (TPSA) is 55.2 Å². The van der Waals surface area contributed by atoms with Crippen LogP contribution in [0.5, 0.6) is 0 Å². The van der Waals surface area contributed by atoms with Crippen molar-refractivity contribution < 1.29 is 9.13 Å². The van der Waals surface area contributed by atoms with E-state index in [0.29, 0.717) is 5.92 Å². The molecule has 1 aliphatic carbocycles. The highest BCUT2D eigenvalue weighted by Gasteiger charge is 2.53. The molecule has 6 rings (SSSR count). The molecular weight excluding hydrogens is 393 g/mol. The van der Waals surface area contributed by atoms with E-state index in [1.54, 1.807) is 0 Å². The van der Waals surface area contributed by atoms with Gasteiger partial charge in [-0.25, -0.2) is 9.37 Å². The van der Waals surface area contributed by atoms with Gasteiger partial charge in [0.05, 0.1) is 25.5 Å². The molecule has 160 valence electrons. The average molecular weight is 420 g/mol. The van der Waals surface area contributed by atoms with Gasteiger partial charge in [-0.3, -0.25) is 9.58 Å². The minimum Gasteiger partial charge on any atom is -0.381 e.